The standard InChI is InChI=1S/C26H29F3N4O/c1-17-6-8-21(19-10-12-32(3)16-19)22(13-17)25(34)33-11-4-5-18(2)23(33)15-31-24-9-7-20(14-30-24)26(27,28)29/h6-10,12-14,16,18,23H,4-5,11,15H2,1-3H3,(H,30,31)/t18-,23?/m1/s1. The fraction of sp³-hybridized carbons (Fsp3) is 0.385. The molecule has 1 amide bonds. The average Bonchev–Trinajstić information content (AvgIpc) is 3.23. The molecular formula is C26H29F3N4O. The highest BCUT2D eigenvalue weighted by Crippen LogP contribution is 2.31. The van der Waals surface area contributed by atoms with Gasteiger partial charge in [0.05, 0.1) is 11.6 Å². The number of carbonyl (C=O) groups is 1. The number of halogens is 3. The van der Waals surface area contributed by atoms with Gasteiger partial charge in [0, 0.05) is 49.9 Å². The van der Waals surface area contributed by atoms with Crippen LogP contribution in [0.4, 0.5) is 19.0 Å². The number of benzene rings is 1. The zero-order valence-corrected chi connectivity index (χ0v) is 19.6. The van der Waals surface area contributed by atoms with E-state index in [-0.39, 0.29) is 17.9 Å². The number of carbonyl (C=O) groups excluding carboxylic acids is 1. The summed E-state index contributed by atoms with van der Waals surface area (Å²) in [5.41, 5.74) is 2.77. The second-order valence-electron chi connectivity index (χ2n) is 9.11. The predicted octanol–water partition coefficient (Wildman–Crippen LogP) is 5.77. The number of hydrogen-bond acceptors (Lipinski definition) is 3. The van der Waals surface area contributed by atoms with Crippen molar-refractivity contribution >= 4 is 11.7 Å². The minimum absolute atomic E-state index is 0.0266. The molecule has 2 atom stereocenters. The van der Waals surface area contributed by atoms with E-state index < -0.39 is 11.7 Å². The van der Waals surface area contributed by atoms with Crippen molar-refractivity contribution in [1.29, 1.82) is 0 Å². The first kappa shape index (κ1) is 23.9. The van der Waals surface area contributed by atoms with Crippen LogP contribution in [0.1, 0.15) is 41.3 Å². The van der Waals surface area contributed by atoms with Gasteiger partial charge in [-0.25, -0.2) is 4.98 Å². The summed E-state index contributed by atoms with van der Waals surface area (Å²) in [4.78, 5) is 19.6. The second kappa shape index (κ2) is 9.52. The summed E-state index contributed by atoms with van der Waals surface area (Å²) in [5, 5.41) is 3.15. The van der Waals surface area contributed by atoms with Gasteiger partial charge in [-0.1, -0.05) is 24.6 Å². The Morgan fingerprint density at radius 1 is 1.21 bits per heavy atom. The van der Waals surface area contributed by atoms with Crippen molar-refractivity contribution in [1.82, 2.24) is 14.5 Å². The summed E-state index contributed by atoms with van der Waals surface area (Å²) in [7, 11) is 1.95. The van der Waals surface area contributed by atoms with E-state index in [9.17, 15) is 18.0 Å². The lowest BCUT2D eigenvalue weighted by Crippen LogP contribution is -2.51. The van der Waals surface area contributed by atoms with Crippen LogP contribution < -0.4 is 5.32 Å². The number of anilines is 1. The van der Waals surface area contributed by atoms with Gasteiger partial charge >= 0.3 is 6.18 Å². The average molecular weight is 471 g/mol. The molecule has 1 aromatic carbocycles. The minimum atomic E-state index is -4.42. The van der Waals surface area contributed by atoms with Crippen LogP contribution in [0, 0.1) is 12.8 Å². The van der Waals surface area contributed by atoms with Crippen LogP contribution in [0.5, 0.6) is 0 Å². The van der Waals surface area contributed by atoms with Gasteiger partial charge in [-0.05, 0) is 55.5 Å². The molecule has 180 valence electrons. The lowest BCUT2D eigenvalue weighted by molar-refractivity contribution is -0.137. The lowest BCUT2D eigenvalue weighted by atomic mass is 9.89. The van der Waals surface area contributed by atoms with E-state index >= 15 is 0 Å². The molecule has 2 aromatic heterocycles. The molecule has 1 aliphatic heterocycles. The largest absolute Gasteiger partial charge is 0.417 e. The maximum Gasteiger partial charge on any atom is 0.417 e. The fourth-order valence-electron chi connectivity index (χ4n) is 4.59. The molecule has 1 aliphatic rings. The molecule has 4 rings (SSSR count). The van der Waals surface area contributed by atoms with Crippen LogP contribution in [0.25, 0.3) is 11.1 Å². The van der Waals surface area contributed by atoms with Gasteiger partial charge < -0.3 is 14.8 Å². The number of alkyl halides is 3. The predicted molar refractivity (Wildman–Crippen MR) is 127 cm³/mol. The Morgan fingerprint density at radius 2 is 2.00 bits per heavy atom. The van der Waals surface area contributed by atoms with Crippen LogP contribution in [-0.2, 0) is 13.2 Å². The monoisotopic (exact) mass is 470 g/mol. The molecule has 8 heteroatoms. The molecule has 34 heavy (non-hydrogen) atoms. The number of hydrogen-bond donors (Lipinski definition) is 1. The van der Waals surface area contributed by atoms with E-state index in [1.807, 2.05) is 60.1 Å². The van der Waals surface area contributed by atoms with Gasteiger partial charge in [-0.15, -0.1) is 0 Å². The van der Waals surface area contributed by atoms with Gasteiger partial charge in [0.25, 0.3) is 5.91 Å². The van der Waals surface area contributed by atoms with Crippen LogP contribution in [-0.4, -0.2) is 39.5 Å². The Balaban J connectivity index is 1.57. The highest BCUT2D eigenvalue weighted by atomic mass is 19.4. The summed E-state index contributed by atoms with van der Waals surface area (Å²) in [6.07, 6.45) is 2.25. The summed E-state index contributed by atoms with van der Waals surface area (Å²) in [6.45, 7) is 5.13. The Kier molecular flexibility index (Phi) is 6.68. The molecule has 1 saturated heterocycles. The Bertz CT molecular complexity index is 1150. The summed E-state index contributed by atoms with van der Waals surface area (Å²) in [5.74, 6) is 0.574. The smallest absolute Gasteiger partial charge is 0.368 e. The van der Waals surface area contributed by atoms with Crippen molar-refractivity contribution < 1.29 is 18.0 Å². The van der Waals surface area contributed by atoms with Gasteiger partial charge in [0.15, 0.2) is 0 Å². The normalized spacial score (nSPS) is 18.7. The van der Waals surface area contributed by atoms with Gasteiger partial charge in [0.1, 0.15) is 5.82 Å². The molecule has 0 spiro atoms. The number of likely N-dealkylation sites (tertiary alicyclic amines) is 1. The highest BCUT2D eigenvalue weighted by Gasteiger charge is 2.34. The van der Waals surface area contributed by atoms with Crippen LogP contribution in [0.2, 0.25) is 0 Å². The second-order valence-corrected chi connectivity index (χ2v) is 9.11. The zero-order chi connectivity index (χ0) is 24.5. The van der Waals surface area contributed by atoms with Crippen LogP contribution in [0.3, 0.4) is 0 Å². The highest BCUT2D eigenvalue weighted by molar-refractivity contribution is 6.01. The molecule has 3 aromatic rings. The van der Waals surface area contributed by atoms with E-state index in [2.05, 4.69) is 17.2 Å². The molecular weight excluding hydrogens is 441 g/mol. The van der Waals surface area contributed by atoms with Gasteiger partial charge in [-0.2, -0.15) is 13.2 Å². The third-order valence-electron chi connectivity index (χ3n) is 6.51. The molecule has 0 bridgehead atoms. The molecule has 1 unspecified atom stereocenters. The SMILES string of the molecule is Cc1ccc(-c2ccn(C)c2)c(C(=O)N2CCC[C@@H](C)C2CNc2ccc(C(F)(F)F)cn2)c1. The maximum atomic E-state index is 13.8. The number of amides is 1. The number of piperidine rings is 1. The van der Waals surface area contributed by atoms with Crippen LogP contribution >= 0.6 is 0 Å². The lowest BCUT2D eigenvalue weighted by Gasteiger charge is -2.40. The van der Waals surface area contributed by atoms with E-state index in [0.717, 1.165) is 41.8 Å². The molecule has 0 radical (unpaired) electrons. The Labute approximate surface area is 197 Å². The molecule has 3 heterocycles. The van der Waals surface area contributed by atoms with Crippen molar-refractivity contribution in [3.05, 3.63) is 71.7 Å². The van der Waals surface area contributed by atoms with E-state index in [0.29, 0.717) is 24.5 Å². The molecule has 0 saturated carbocycles. The first-order valence-corrected chi connectivity index (χ1v) is 11.4. The quantitative estimate of drug-likeness (QED) is 0.515. The van der Waals surface area contributed by atoms with Crippen molar-refractivity contribution in [2.45, 2.75) is 38.9 Å². The van der Waals surface area contributed by atoms with Gasteiger partial charge in [-0.3, -0.25) is 4.79 Å². The molecule has 1 N–H and O–H groups in total. The number of nitrogens with one attached hydrogen (secondary N) is 1. The fourth-order valence-corrected chi connectivity index (χ4v) is 4.59. The van der Waals surface area contributed by atoms with E-state index in [1.165, 1.54) is 6.07 Å². The van der Waals surface area contributed by atoms with E-state index in [4.69, 9.17) is 0 Å². The third-order valence-corrected chi connectivity index (χ3v) is 6.51. The zero-order valence-electron chi connectivity index (χ0n) is 19.6. The number of aromatic nitrogens is 2. The molecule has 1 fully saturated rings. The first-order chi connectivity index (χ1) is 16.1. The van der Waals surface area contributed by atoms with Crippen molar-refractivity contribution in [2.24, 2.45) is 13.0 Å². The number of aryl methyl sites for hydroxylation is 2. The number of rotatable bonds is 5. The summed E-state index contributed by atoms with van der Waals surface area (Å²) < 4.78 is 40.4. The van der Waals surface area contributed by atoms with Crippen LogP contribution in [0.15, 0.2) is 55.0 Å². The third kappa shape index (κ3) is 5.11. The molecule has 0 aliphatic carbocycles. The van der Waals surface area contributed by atoms with Gasteiger partial charge in [0.2, 0.25) is 0 Å². The summed E-state index contributed by atoms with van der Waals surface area (Å²) >= 11 is 0. The maximum absolute atomic E-state index is 13.8. The minimum Gasteiger partial charge on any atom is -0.368 e. The Hall–Kier alpha value is -3.29. The van der Waals surface area contributed by atoms with Crippen molar-refractivity contribution in [3.8, 4) is 11.1 Å². The topological polar surface area (TPSA) is 50.2 Å². The summed E-state index contributed by atoms with van der Waals surface area (Å²) in [6, 6.07) is 10.2. The van der Waals surface area contributed by atoms with Crippen molar-refractivity contribution in [2.75, 3.05) is 18.4 Å². The molecule has 5 nitrogen and oxygen atoms in total. The van der Waals surface area contributed by atoms with E-state index in [1.54, 1.807) is 0 Å². The first-order valence-electron chi connectivity index (χ1n) is 11.4. The van der Waals surface area contributed by atoms with Crippen molar-refractivity contribution in [3.63, 3.8) is 0 Å². The Morgan fingerprint density at radius 3 is 2.65 bits per heavy atom. The number of pyridine rings is 1. The number of nitrogens with zero attached hydrogens (tertiary/aromatic N) is 3.